The van der Waals surface area contributed by atoms with E-state index >= 15 is 0 Å². The Bertz CT molecular complexity index is 1800. The van der Waals surface area contributed by atoms with E-state index in [2.05, 4.69) is 0 Å². The van der Waals surface area contributed by atoms with E-state index in [-0.39, 0.29) is 43.3 Å². The maximum absolute atomic E-state index is 13.1. The van der Waals surface area contributed by atoms with Gasteiger partial charge in [-0.3, -0.25) is 14.4 Å². The first-order valence-electron chi connectivity index (χ1n) is 14.7. The second kappa shape index (κ2) is 16.2. The molecule has 0 aliphatic carbocycles. The first-order chi connectivity index (χ1) is 22.9. The molecule has 2 amide bonds. The molecule has 250 valence electrons. The van der Waals surface area contributed by atoms with Crippen LogP contribution in [0.3, 0.4) is 0 Å². The molecule has 0 radical (unpaired) electrons. The minimum absolute atomic E-state index is 0.0317. The number of amides is 2. The second-order valence-corrected chi connectivity index (χ2v) is 13.6. The molecule has 4 aromatic carbocycles. The van der Waals surface area contributed by atoms with Gasteiger partial charge in [-0.1, -0.05) is 81.7 Å². The van der Waals surface area contributed by atoms with E-state index in [4.69, 9.17) is 79.1 Å². The van der Waals surface area contributed by atoms with E-state index in [1.807, 2.05) is 18.2 Å². The first-order valence-corrected chi connectivity index (χ1v) is 16.9. The fourth-order valence-corrected chi connectivity index (χ4v) is 6.80. The molecule has 0 bridgehead atoms. The summed E-state index contributed by atoms with van der Waals surface area (Å²) >= 11 is 36.5. The van der Waals surface area contributed by atoms with Crippen molar-refractivity contribution in [3.63, 3.8) is 0 Å². The summed E-state index contributed by atoms with van der Waals surface area (Å²) in [5.74, 6) is -0.517. The molecule has 13 heteroatoms. The smallest absolute Gasteiger partial charge is 0.257 e. The van der Waals surface area contributed by atoms with Crippen molar-refractivity contribution in [3.05, 3.63) is 126 Å². The summed E-state index contributed by atoms with van der Waals surface area (Å²) in [4.78, 5) is 40.2. The molecule has 48 heavy (non-hydrogen) atoms. The summed E-state index contributed by atoms with van der Waals surface area (Å²) in [5, 5.41) is 3.20. The molecule has 3 unspecified atom stereocenters. The molecule has 2 heterocycles. The van der Waals surface area contributed by atoms with Crippen LogP contribution in [0, 0.1) is 0 Å². The van der Waals surface area contributed by atoms with Gasteiger partial charge in [0.15, 0.2) is 0 Å². The summed E-state index contributed by atoms with van der Waals surface area (Å²) in [5.41, 5.74) is 2.94. The number of hydrogen-bond acceptors (Lipinski definition) is 5. The number of ether oxygens (including phenoxy) is 2. The number of anilines is 2. The Hall–Kier alpha value is -2.85. The number of Topliss-reactive ketones (excluding diaryl/α,β-unsaturated/α-hetero) is 1. The molecule has 2 aliphatic heterocycles. The number of nitrogens with zero attached hydrogens (tertiary/aromatic N) is 2. The van der Waals surface area contributed by atoms with Crippen LogP contribution in [0.5, 0.6) is 0 Å². The Morgan fingerprint density at radius 1 is 0.667 bits per heavy atom. The standard InChI is InChI=1S/C19H16Cl3NO3.C16H12Cl3NO2/c1-11(24)8-18-19(25)23(14-5-2-12(20)3-6-14)17(10-26-18)15-7-4-13(21)9-16(15)22;17-10-1-4-12(5-2-10)20-15(8-22-9-16(20)21)13-6-3-11(18)7-14(13)19/h2-7,9,17-18H,8,10H2,1H3;1-7,15H,8-9H2. The Balaban J connectivity index is 0.000000190. The van der Waals surface area contributed by atoms with Crippen LogP contribution >= 0.6 is 69.6 Å². The molecule has 7 nitrogen and oxygen atoms in total. The molecule has 0 spiro atoms. The van der Waals surface area contributed by atoms with Crippen LogP contribution in [0.25, 0.3) is 0 Å². The normalized spacial score (nSPS) is 19.5. The fourth-order valence-electron chi connectivity index (χ4n) is 5.48. The van der Waals surface area contributed by atoms with Crippen molar-refractivity contribution in [2.24, 2.45) is 0 Å². The highest BCUT2D eigenvalue weighted by Crippen LogP contribution is 2.38. The van der Waals surface area contributed by atoms with Gasteiger partial charge in [-0.25, -0.2) is 0 Å². The van der Waals surface area contributed by atoms with Crippen molar-refractivity contribution < 1.29 is 23.9 Å². The first kappa shape index (κ1) is 36.4. The number of rotatable bonds is 6. The fraction of sp³-hybridized carbons (Fsp3) is 0.229. The zero-order valence-electron chi connectivity index (χ0n) is 25.3. The zero-order valence-corrected chi connectivity index (χ0v) is 29.9. The molecule has 2 fully saturated rings. The van der Waals surface area contributed by atoms with E-state index < -0.39 is 12.1 Å². The monoisotopic (exact) mass is 766 g/mol. The lowest BCUT2D eigenvalue weighted by molar-refractivity contribution is -0.140. The summed E-state index contributed by atoms with van der Waals surface area (Å²) in [6, 6.07) is 23.7. The second-order valence-electron chi connectivity index (χ2n) is 11.0. The highest BCUT2D eigenvalue weighted by Gasteiger charge is 2.39. The lowest BCUT2D eigenvalue weighted by Gasteiger charge is -2.39. The van der Waals surface area contributed by atoms with E-state index in [1.165, 1.54) is 6.92 Å². The molecule has 3 atom stereocenters. The molecular formula is C35H28Cl6N2O5. The van der Waals surface area contributed by atoms with Gasteiger partial charge in [0.2, 0.25) is 0 Å². The van der Waals surface area contributed by atoms with Crippen LogP contribution in [-0.4, -0.2) is 43.5 Å². The van der Waals surface area contributed by atoms with Crippen LogP contribution in [-0.2, 0) is 23.9 Å². The topological polar surface area (TPSA) is 76.1 Å². The third-order valence-corrected chi connectivity index (χ3v) is 9.32. The maximum Gasteiger partial charge on any atom is 0.257 e. The zero-order chi connectivity index (χ0) is 34.5. The molecule has 2 saturated heterocycles. The van der Waals surface area contributed by atoms with Crippen molar-refractivity contribution in [2.45, 2.75) is 31.5 Å². The Kier molecular flexibility index (Phi) is 12.3. The van der Waals surface area contributed by atoms with Crippen molar-refractivity contribution in [1.82, 2.24) is 0 Å². The summed E-state index contributed by atoms with van der Waals surface area (Å²) in [7, 11) is 0. The van der Waals surface area contributed by atoms with Gasteiger partial charge < -0.3 is 19.3 Å². The van der Waals surface area contributed by atoms with Gasteiger partial charge in [0.25, 0.3) is 11.8 Å². The third-order valence-electron chi connectivity index (χ3n) is 7.69. The van der Waals surface area contributed by atoms with Crippen molar-refractivity contribution in [3.8, 4) is 0 Å². The summed E-state index contributed by atoms with van der Waals surface area (Å²) in [6.45, 7) is 2.07. The highest BCUT2D eigenvalue weighted by molar-refractivity contribution is 6.36. The van der Waals surface area contributed by atoms with E-state index in [1.54, 1.807) is 76.5 Å². The molecule has 6 rings (SSSR count). The SMILES string of the molecule is CC(=O)CC1OCC(c2ccc(Cl)cc2Cl)N(c2ccc(Cl)cc2)C1=O.O=C1COCC(c2ccc(Cl)cc2Cl)N1c1ccc(Cl)cc1. The maximum atomic E-state index is 13.1. The van der Waals surface area contributed by atoms with Gasteiger partial charge in [0, 0.05) is 47.9 Å². The Morgan fingerprint density at radius 2 is 1.12 bits per heavy atom. The molecule has 0 aromatic heterocycles. The number of carbonyl (C=O) groups is 3. The van der Waals surface area contributed by atoms with Crippen molar-refractivity contribution >= 4 is 98.6 Å². The molecular weight excluding hydrogens is 741 g/mol. The molecule has 4 aromatic rings. The lowest BCUT2D eigenvalue weighted by atomic mass is 10.0. The van der Waals surface area contributed by atoms with Crippen LogP contribution in [0.15, 0.2) is 84.9 Å². The number of carbonyl (C=O) groups excluding carboxylic acids is 3. The minimum atomic E-state index is -0.814. The number of benzene rings is 4. The largest absolute Gasteiger partial charge is 0.369 e. The number of ketones is 1. The van der Waals surface area contributed by atoms with Crippen molar-refractivity contribution in [1.29, 1.82) is 0 Å². The van der Waals surface area contributed by atoms with Gasteiger partial charge in [0.1, 0.15) is 18.5 Å². The van der Waals surface area contributed by atoms with E-state index in [0.717, 1.165) is 16.8 Å². The van der Waals surface area contributed by atoms with Gasteiger partial charge in [-0.2, -0.15) is 0 Å². The number of morpholine rings is 2. The van der Waals surface area contributed by atoms with Crippen LogP contribution < -0.4 is 9.80 Å². The van der Waals surface area contributed by atoms with E-state index in [0.29, 0.717) is 42.4 Å². The predicted octanol–water partition coefficient (Wildman–Crippen LogP) is 9.85. The Labute approximate surface area is 308 Å². The third kappa shape index (κ3) is 8.65. The Morgan fingerprint density at radius 3 is 1.60 bits per heavy atom. The van der Waals surface area contributed by atoms with Gasteiger partial charge in [-0.05, 0) is 90.8 Å². The average molecular weight is 769 g/mol. The van der Waals surface area contributed by atoms with Crippen LogP contribution in [0.2, 0.25) is 30.1 Å². The number of hydrogen-bond donors (Lipinski definition) is 0. The quantitative estimate of drug-likeness (QED) is 0.195. The van der Waals surface area contributed by atoms with E-state index in [9.17, 15) is 14.4 Å². The molecule has 2 aliphatic rings. The van der Waals surface area contributed by atoms with Gasteiger partial charge in [0.05, 0.1) is 25.3 Å². The highest BCUT2D eigenvalue weighted by atomic mass is 35.5. The summed E-state index contributed by atoms with van der Waals surface area (Å²) in [6.07, 6.45) is -0.783. The lowest BCUT2D eigenvalue weighted by Crippen LogP contribution is -2.50. The number of halogens is 6. The van der Waals surface area contributed by atoms with Gasteiger partial charge >= 0.3 is 0 Å². The summed E-state index contributed by atoms with van der Waals surface area (Å²) < 4.78 is 11.1. The molecule has 0 N–H and O–H groups in total. The van der Waals surface area contributed by atoms with Gasteiger partial charge in [-0.15, -0.1) is 0 Å². The van der Waals surface area contributed by atoms with Crippen molar-refractivity contribution in [2.75, 3.05) is 29.6 Å². The average Bonchev–Trinajstić information content (AvgIpc) is 3.03. The van der Waals surface area contributed by atoms with Crippen LogP contribution in [0.4, 0.5) is 11.4 Å². The van der Waals surface area contributed by atoms with Crippen LogP contribution in [0.1, 0.15) is 36.6 Å². The molecule has 0 saturated carbocycles. The predicted molar refractivity (Wildman–Crippen MR) is 192 cm³/mol. The minimum Gasteiger partial charge on any atom is -0.369 e.